The molecule has 4 nitrogen and oxygen atoms in total. The minimum absolute atomic E-state index is 0.425. The molecule has 0 saturated heterocycles. The number of nitrogens with two attached hydrogens (primary N) is 1. The van der Waals surface area contributed by atoms with Crippen molar-refractivity contribution in [3.05, 3.63) is 30.0 Å². The third kappa shape index (κ3) is 2.26. The summed E-state index contributed by atoms with van der Waals surface area (Å²) in [5.41, 5.74) is 7.92. The molecule has 2 aromatic rings. The Morgan fingerprint density at radius 3 is 2.70 bits per heavy atom. The van der Waals surface area contributed by atoms with E-state index < -0.39 is 0 Å². The molecular weight excluding hydrogens is 252 g/mol. The molecule has 1 aromatic heterocycles. The van der Waals surface area contributed by atoms with E-state index in [0.717, 1.165) is 35.5 Å². The molecule has 1 aliphatic carbocycles. The highest BCUT2D eigenvalue weighted by Gasteiger charge is 2.27. The van der Waals surface area contributed by atoms with Gasteiger partial charge in [-0.2, -0.15) is 0 Å². The third-order valence-corrected chi connectivity index (χ3v) is 4.10. The molecule has 0 spiro atoms. The van der Waals surface area contributed by atoms with Crippen molar-refractivity contribution in [2.24, 2.45) is 0 Å². The van der Waals surface area contributed by atoms with Crippen molar-refractivity contribution in [1.29, 1.82) is 0 Å². The van der Waals surface area contributed by atoms with Gasteiger partial charge in [0.25, 0.3) is 0 Å². The Hall–Kier alpha value is -1.97. The van der Waals surface area contributed by atoms with Gasteiger partial charge in [0.2, 0.25) is 0 Å². The number of ether oxygens (including phenoxy) is 1. The summed E-state index contributed by atoms with van der Waals surface area (Å²) >= 11 is 0. The Kier molecular flexibility index (Phi) is 3.63. The van der Waals surface area contributed by atoms with Crippen LogP contribution in [0.15, 0.2) is 28.8 Å². The van der Waals surface area contributed by atoms with Crippen molar-refractivity contribution >= 4 is 5.82 Å². The molecule has 0 radical (unpaired) electrons. The fraction of sp³-hybridized carbons (Fsp3) is 0.438. The molecule has 3 rings (SSSR count). The van der Waals surface area contributed by atoms with Crippen molar-refractivity contribution in [3.8, 4) is 16.9 Å². The molecule has 0 amide bonds. The Morgan fingerprint density at radius 1 is 1.20 bits per heavy atom. The number of methoxy groups -OCH3 is 1. The summed E-state index contributed by atoms with van der Waals surface area (Å²) in [6.07, 6.45) is 6.10. The zero-order chi connectivity index (χ0) is 13.9. The molecule has 1 aromatic carbocycles. The van der Waals surface area contributed by atoms with Gasteiger partial charge in [0.1, 0.15) is 11.5 Å². The fourth-order valence-corrected chi connectivity index (χ4v) is 3.08. The van der Waals surface area contributed by atoms with Crippen molar-refractivity contribution in [3.63, 3.8) is 0 Å². The van der Waals surface area contributed by atoms with Gasteiger partial charge in [-0.1, -0.05) is 42.6 Å². The second kappa shape index (κ2) is 5.57. The zero-order valence-electron chi connectivity index (χ0n) is 11.8. The molecule has 2 N–H and O–H groups in total. The maximum absolute atomic E-state index is 6.04. The standard InChI is InChI=1S/C16H20N2O2/c1-19-13-10-6-5-9-12(13)14-15(20-18-16(14)17)11-7-3-2-4-8-11/h5-6,9-11H,2-4,7-8H2,1H3,(H2,17,18). The van der Waals surface area contributed by atoms with Crippen LogP contribution < -0.4 is 10.5 Å². The maximum atomic E-state index is 6.04. The summed E-state index contributed by atoms with van der Waals surface area (Å²) in [6.45, 7) is 0. The van der Waals surface area contributed by atoms with Crippen LogP contribution in [0.3, 0.4) is 0 Å². The Morgan fingerprint density at radius 2 is 1.95 bits per heavy atom. The number of rotatable bonds is 3. The van der Waals surface area contributed by atoms with Crippen LogP contribution in [0.25, 0.3) is 11.1 Å². The quantitative estimate of drug-likeness (QED) is 0.918. The molecule has 0 bridgehead atoms. The summed E-state index contributed by atoms with van der Waals surface area (Å²) in [5, 5.41) is 3.99. The van der Waals surface area contributed by atoms with E-state index in [9.17, 15) is 0 Å². The molecule has 106 valence electrons. The van der Waals surface area contributed by atoms with Crippen molar-refractivity contribution < 1.29 is 9.26 Å². The number of nitrogens with zero attached hydrogens (tertiary/aromatic N) is 1. The van der Waals surface area contributed by atoms with Gasteiger partial charge in [-0.3, -0.25) is 0 Å². The SMILES string of the molecule is COc1ccccc1-c1c(N)noc1C1CCCCC1. The van der Waals surface area contributed by atoms with Gasteiger partial charge in [0, 0.05) is 11.5 Å². The third-order valence-electron chi connectivity index (χ3n) is 4.10. The Labute approximate surface area is 118 Å². The van der Waals surface area contributed by atoms with Gasteiger partial charge in [-0.15, -0.1) is 0 Å². The molecule has 0 atom stereocenters. The first-order valence-electron chi connectivity index (χ1n) is 7.19. The average molecular weight is 272 g/mol. The van der Waals surface area contributed by atoms with E-state index in [4.69, 9.17) is 15.0 Å². The smallest absolute Gasteiger partial charge is 0.175 e. The zero-order valence-corrected chi connectivity index (χ0v) is 11.8. The van der Waals surface area contributed by atoms with Crippen molar-refractivity contribution in [1.82, 2.24) is 5.16 Å². The number of benzene rings is 1. The van der Waals surface area contributed by atoms with Crippen LogP contribution in [-0.2, 0) is 0 Å². The van der Waals surface area contributed by atoms with E-state index in [1.165, 1.54) is 19.3 Å². The molecule has 1 heterocycles. The average Bonchev–Trinajstić information content (AvgIpc) is 2.89. The minimum Gasteiger partial charge on any atom is -0.496 e. The first-order chi connectivity index (χ1) is 9.81. The number of para-hydroxylation sites is 1. The summed E-state index contributed by atoms with van der Waals surface area (Å²) in [6, 6.07) is 7.88. The van der Waals surface area contributed by atoms with E-state index in [-0.39, 0.29) is 0 Å². The van der Waals surface area contributed by atoms with Crippen molar-refractivity contribution in [2.75, 3.05) is 12.8 Å². The lowest BCUT2D eigenvalue weighted by molar-refractivity contribution is 0.323. The van der Waals surface area contributed by atoms with Gasteiger partial charge in [0.15, 0.2) is 5.82 Å². The van der Waals surface area contributed by atoms with Crippen LogP contribution in [0, 0.1) is 0 Å². The van der Waals surface area contributed by atoms with Gasteiger partial charge in [-0.25, -0.2) is 0 Å². The van der Waals surface area contributed by atoms with E-state index in [1.54, 1.807) is 7.11 Å². The highest BCUT2D eigenvalue weighted by atomic mass is 16.5. The van der Waals surface area contributed by atoms with Gasteiger partial charge < -0.3 is 15.0 Å². The van der Waals surface area contributed by atoms with E-state index in [1.807, 2.05) is 24.3 Å². The van der Waals surface area contributed by atoms with Crippen LogP contribution in [0.2, 0.25) is 0 Å². The van der Waals surface area contributed by atoms with E-state index in [2.05, 4.69) is 5.16 Å². The topological polar surface area (TPSA) is 61.3 Å². The molecule has 0 aliphatic heterocycles. The van der Waals surface area contributed by atoms with Crippen LogP contribution in [-0.4, -0.2) is 12.3 Å². The van der Waals surface area contributed by atoms with Crippen LogP contribution >= 0.6 is 0 Å². The summed E-state index contributed by atoms with van der Waals surface area (Å²) in [5.74, 6) is 2.61. The second-order valence-electron chi connectivity index (χ2n) is 5.34. The molecule has 1 aliphatic rings. The van der Waals surface area contributed by atoms with Crippen LogP contribution in [0.4, 0.5) is 5.82 Å². The summed E-state index contributed by atoms with van der Waals surface area (Å²) < 4.78 is 11.0. The Balaban J connectivity index is 2.06. The van der Waals surface area contributed by atoms with Gasteiger partial charge in [0.05, 0.1) is 12.7 Å². The highest BCUT2D eigenvalue weighted by Crippen LogP contribution is 2.43. The normalized spacial score (nSPS) is 16.2. The minimum atomic E-state index is 0.425. The van der Waals surface area contributed by atoms with Gasteiger partial charge >= 0.3 is 0 Å². The molecule has 4 heteroatoms. The number of hydrogen-bond acceptors (Lipinski definition) is 4. The number of aromatic nitrogens is 1. The predicted octanol–water partition coefficient (Wildman–Crippen LogP) is 3.98. The first-order valence-corrected chi connectivity index (χ1v) is 7.19. The molecular formula is C16H20N2O2. The number of hydrogen-bond donors (Lipinski definition) is 1. The number of nitrogen functional groups attached to an aromatic ring is 1. The molecule has 20 heavy (non-hydrogen) atoms. The van der Waals surface area contributed by atoms with Gasteiger partial charge in [-0.05, 0) is 18.9 Å². The monoisotopic (exact) mass is 272 g/mol. The lowest BCUT2D eigenvalue weighted by Crippen LogP contribution is -2.05. The number of anilines is 1. The second-order valence-corrected chi connectivity index (χ2v) is 5.34. The summed E-state index contributed by atoms with van der Waals surface area (Å²) in [4.78, 5) is 0. The highest BCUT2D eigenvalue weighted by molar-refractivity contribution is 5.80. The molecule has 0 unspecified atom stereocenters. The fourth-order valence-electron chi connectivity index (χ4n) is 3.08. The first kappa shape index (κ1) is 13.0. The lowest BCUT2D eigenvalue weighted by atomic mass is 9.85. The van der Waals surface area contributed by atoms with Crippen LogP contribution in [0.1, 0.15) is 43.8 Å². The maximum Gasteiger partial charge on any atom is 0.175 e. The van der Waals surface area contributed by atoms with Crippen LogP contribution in [0.5, 0.6) is 5.75 Å². The van der Waals surface area contributed by atoms with E-state index >= 15 is 0 Å². The molecule has 1 saturated carbocycles. The lowest BCUT2D eigenvalue weighted by Gasteiger charge is -2.20. The van der Waals surface area contributed by atoms with E-state index in [0.29, 0.717) is 11.7 Å². The van der Waals surface area contributed by atoms with Crippen molar-refractivity contribution in [2.45, 2.75) is 38.0 Å². The largest absolute Gasteiger partial charge is 0.496 e. The molecule has 1 fully saturated rings. The predicted molar refractivity (Wildman–Crippen MR) is 78.7 cm³/mol. The Bertz CT molecular complexity index is 586. The summed E-state index contributed by atoms with van der Waals surface area (Å²) in [7, 11) is 1.67.